The molecular formula is C10H20F3N3O. The Morgan fingerprint density at radius 2 is 2.00 bits per heavy atom. The third-order valence-corrected chi connectivity index (χ3v) is 2.21. The van der Waals surface area contributed by atoms with Crippen LogP contribution in [0.1, 0.15) is 20.3 Å². The Morgan fingerprint density at radius 3 is 2.41 bits per heavy atom. The highest BCUT2D eigenvalue weighted by molar-refractivity contribution is 5.78. The zero-order valence-corrected chi connectivity index (χ0v) is 10.2. The molecule has 3 N–H and O–H groups in total. The Bertz CT molecular complexity index is 231. The fourth-order valence-corrected chi connectivity index (χ4v) is 1.25. The molecule has 0 aliphatic heterocycles. The molecule has 0 saturated carbocycles. The van der Waals surface area contributed by atoms with Crippen LogP contribution in [0.25, 0.3) is 0 Å². The molecule has 0 heterocycles. The predicted octanol–water partition coefficient (Wildman–Crippen LogP) is 0.724. The van der Waals surface area contributed by atoms with E-state index in [2.05, 4.69) is 0 Å². The normalized spacial score (nSPS) is 12.2. The van der Waals surface area contributed by atoms with Gasteiger partial charge in [0.05, 0.1) is 6.54 Å². The molecule has 0 aliphatic carbocycles. The van der Waals surface area contributed by atoms with Crippen molar-refractivity contribution in [3.8, 4) is 0 Å². The van der Waals surface area contributed by atoms with Crippen molar-refractivity contribution in [1.82, 2.24) is 10.2 Å². The fourth-order valence-electron chi connectivity index (χ4n) is 1.25. The maximum Gasteiger partial charge on any atom is 0.405 e. The molecule has 0 fully saturated rings. The largest absolute Gasteiger partial charge is 0.405 e. The van der Waals surface area contributed by atoms with E-state index in [-0.39, 0.29) is 12.6 Å². The summed E-state index contributed by atoms with van der Waals surface area (Å²) >= 11 is 0. The van der Waals surface area contributed by atoms with Crippen LogP contribution in [-0.2, 0) is 4.79 Å². The number of alkyl halides is 3. The SMILES string of the molecule is CC(C)N(CCCN)CC(=O)NCC(F)(F)F. The van der Waals surface area contributed by atoms with Crippen LogP contribution in [0, 0.1) is 0 Å². The highest BCUT2D eigenvalue weighted by Crippen LogP contribution is 2.12. The summed E-state index contributed by atoms with van der Waals surface area (Å²) in [7, 11) is 0. The van der Waals surface area contributed by atoms with Crippen molar-refractivity contribution in [2.24, 2.45) is 5.73 Å². The van der Waals surface area contributed by atoms with Crippen LogP contribution >= 0.6 is 0 Å². The molecule has 7 heteroatoms. The Kier molecular flexibility index (Phi) is 7.13. The molecule has 4 nitrogen and oxygen atoms in total. The molecule has 0 rings (SSSR count). The minimum Gasteiger partial charge on any atom is -0.346 e. The van der Waals surface area contributed by atoms with Gasteiger partial charge in [-0.2, -0.15) is 13.2 Å². The van der Waals surface area contributed by atoms with Gasteiger partial charge in [0, 0.05) is 12.6 Å². The first-order chi connectivity index (χ1) is 7.76. The molecule has 17 heavy (non-hydrogen) atoms. The molecule has 1 amide bonds. The van der Waals surface area contributed by atoms with Gasteiger partial charge in [-0.1, -0.05) is 0 Å². The van der Waals surface area contributed by atoms with E-state index in [4.69, 9.17) is 5.73 Å². The average Bonchev–Trinajstić information content (AvgIpc) is 2.19. The molecule has 0 bridgehead atoms. The summed E-state index contributed by atoms with van der Waals surface area (Å²) in [5.74, 6) is -0.618. The summed E-state index contributed by atoms with van der Waals surface area (Å²) in [6.45, 7) is 3.55. The number of hydrogen-bond donors (Lipinski definition) is 2. The van der Waals surface area contributed by atoms with Crippen LogP contribution in [0.2, 0.25) is 0 Å². The van der Waals surface area contributed by atoms with Crippen LogP contribution in [0.3, 0.4) is 0 Å². The quantitative estimate of drug-likeness (QED) is 0.705. The first-order valence-electron chi connectivity index (χ1n) is 5.54. The Balaban J connectivity index is 4.04. The van der Waals surface area contributed by atoms with E-state index < -0.39 is 18.6 Å². The van der Waals surface area contributed by atoms with Gasteiger partial charge in [-0.25, -0.2) is 0 Å². The molecule has 0 aromatic rings. The molecule has 0 aromatic carbocycles. The van der Waals surface area contributed by atoms with Crippen molar-refractivity contribution in [3.05, 3.63) is 0 Å². The molecule has 0 saturated heterocycles. The van der Waals surface area contributed by atoms with E-state index in [1.54, 1.807) is 4.90 Å². The van der Waals surface area contributed by atoms with Gasteiger partial charge in [-0.05, 0) is 26.8 Å². The van der Waals surface area contributed by atoms with E-state index in [0.717, 1.165) is 0 Å². The second-order valence-corrected chi connectivity index (χ2v) is 4.10. The lowest BCUT2D eigenvalue weighted by Gasteiger charge is -2.25. The minimum atomic E-state index is -4.37. The molecule has 0 radical (unpaired) electrons. The lowest BCUT2D eigenvalue weighted by atomic mass is 10.2. The fraction of sp³-hybridized carbons (Fsp3) is 0.900. The van der Waals surface area contributed by atoms with Gasteiger partial charge in [0.25, 0.3) is 0 Å². The number of rotatable bonds is 7. The maximum absolute atomic E-state index is 11.9. The van der Waals surface area contributed by atoms with Crippen LogP contribution in [0.4, 0.5) is 13.2 Å². The van der Waals surface area contributed by atoms with Crippen molar-refractivity contribution < 1.29 is 18.0 Å². The number of halogens is 3. The molecule has 0 unspecified atom stereocenters. The number of carbonyl (C=O) groups excluding carboxylic acids is 1. The summed E-state index contributed by atoms with van der Waals surface area (Å²) in [6.07, 6.45) is -3.65. The van der Waals surface area contributed by atoms with Crippen molar-refractivity contribution in [2.45, 2.75) is 32.5 Å². The topological polar surface area (TPSA) is 58.4 Å². The molecular weight excluding hydrogens is 235 g/mol. The van der Waals surface area contributed by atoms with Gasteiger partial charge in [-0.15, -0.1) is 0 Å². The number of carbonyl (C=O) groups is 1. The first-order valence-corrected chi connectivity index (χ1v) is 5.54. The van der Waals surface area contributed by atoms with E-state index in [0.29, 0.717) is 19.5 Å². The molecule has 0 atom stereocenters. The number of nitrogens with zero attached hydrogens (tertiary/aromatic N) is 1. The highest BCUT2D eigenvalue weighted by Gasteiger charge is 2.28. The first kappa shape index (κ1) is 16.2. The number of amides is 1. The molecule has 0 spiro atoms. The van der Waals surface area contributed by atoms with Crippen LogP contribution in [0.15, 0.2) is 0 Å². The molecule has 0 aliphatic rings. The van der Waals surface area contributed by atoms with Crippen molar-refractivity contribution in [2.75, 3.05) is 26.2 Å². The van der Waals surface area contributed by atoms with Crippen LogP contribution in [0.5, 0.6) is 0 Å². The van der Waals surface area contributed by atoms with Gasteiger partial charge >= 0.3 is 6.18 Å². The monoisotopic (exact) mass is 255 g/mol. The second-order valence-electron chi connectivity index (χ2n) is 4.10. The van der Waals surface area contributed by atoms with Crippen molar-refractivity contribution in [3.63, 3.8) is 0 Å². The van der Waals surface area contributed by atoms with Gasteiger partial charge in [0.15, 0.2) is 0 Å². The summed E-state index contributed by atoms with van der Waals surface area (Å²) in [5, 5.41) is 1.85. The van der Waals surface area contributed by atoms with Crippen molar-refractivity contribution >= 4 is 5.91 Å². The maximum atomic E-state index is 11.9. The van der Waals surface area contributed by atoms with Gasteiger partial charge in [0.1, 0.15) is 6.54 Å². The Labute approximate surface area is 99.3 Å². The van der Waals surface area contributed by atoms with Gasteiger partial charge in [-0.3, -0.25) is 9.69 Å². The smallest absolute Gasteiger partial charge is 0.346 e. The summed E-state index contributed by atoms with van der Waals surface area (Å²) in [5.41, 5.74) is 5.35. The van der Waals surface area contributed by atoms with Crippen molar-refractivity contribution in [1.29, 1.82) is 0 Å². The number of hydrogen-bond acceptors (Lipinski definition) is 3. The van der Waals surface area contributed by atoms with E-state index in [1.165, 1.54) is 0 Å². The lowest BCUT2D eigenvalue weighted by Crippen LogP contribution is -2.44. The number of nitrogens with one attached hydrogen (secondary N) is 1. The zero-order chi connectivity index (χ0) is 13.5. The average molecular weight is 255 g/mol. The second kappa shape index (κ2) is 7.50. The van der Waals surface area contributed by atoms with E-state index in [9.17, 15) is 18.0 Å². The third kappa shape index (κ3) is 8.93. The Morgan fingerprint density at radius 1 is 1.41 bits per heavy atom. The van der Waals surface area contributed by atoms with E-state index >= 15 is 0 Å². The van der Waals surface area contributed by atoms with Crippen LogP contribution < -0.4 is 11.1 Å². The van der Waals surface area contributed by atoms with E-state index in [1.807, 2.05) is 19.2 Å². The van der Waals surface area contributed by atoms with Crippen LogP contribution in [-0.4, -0.2) is 49.2 Å². The molecule has 0 aromatic heterocycles. The summed E-state index contributed by atoms with van der Waals surface area (Å²) in [4.78, 5) is 13.1. The zero-order valence-electron chi connectivity index (χ0n) is 10.2. The Hall–Kier alpha value is -0.820. The predicted molar refractivity (Wildman–Crippen MR) is 59.4 cm³/mol. The molecule has 102 valence electrons. The number of nitrogens with two attached hydrogens (primary N) is 1. The minimum absolute atomic E-state index is 0.0340. The lowest BCUT2D eigenvalue weighted by molar-refractivity contribution is -0.139. The van der Waals surface area contributed by atoms with Gasteiger partial charge < -0.3 is 11.1 Å². The standard InChI is InChI=1S/C10H20F3N3O/c1-8(2)16(5-3-4-14)6-9(17)15-7-10(11,12)13/h8H,3-7,14H2,1-2H3,(H,15,17). The third-order valence-electron chi connectivity index (χ3n) is 2.21. The summed E-state index contributed by atoms with van der Waals surface area (Å²) in [6, 6.07) is 0.0955. The van der Waals surface area contributed by atoms with Gasteiger partial charge in [0.2, 0.25) is 5.91 Å². The highest BCUT2D eigenvalue weighted by atomic mass is 19.4. The summed E-state index contributed by atoms with van der Waals surface area (Å²) < 4.78 is 35.6.